The second-order valence-electron chi connectivity index (χ2n) is 5.18. The van der Waals surface area contributed by atoms with E-state index in [2.05, 4.69) is 25.2 Å². The lowest BCUT2D eigenvalue weighted by molar-refractivity contribution is 0.485. The topological polar surface area (TPSA) is 38.0 Å². The van der Waals surface area contributed by atoms with Crippen molar-refractivity contribution in [2.45, 2.75) is 39.5 Å². The van der Waals surface area contributed by atoms with Crippen molar-refractivity contribution < 1.29 is 0 Å². The van der Waals surface area contributed by atoms with Gasteiger partial charge in [0.05, 0.1) is 0 Å². The normalized spacial score (nSPS) is 17.1. The van der Waals surface area contributed by atoms with Gasteiger partial charge < -0.3 is 11.1 Å². The van der Waals surface area contributed by atoms with E-state index in [4.69, 9.17) is 5.73 Å². The van der Waals surface area contributed by atoms with Crippen molar-refractivity contribution in [1.29, 1.82) is 0 Å². The van der Waals surface area contributed by atoms with Gasteiger partial charge in [-0.25, -0.2) is 0 Å². The maximum atomic E-state index is 5.74. The first kappa shape index (κ1) is 11.3. The molecule has 3 N–H and O–H groups in total. The maximum Gasteiger partial charge on any atom is 0.0371 e. The third-order valence-corrected chi connectivity index (χ3v) is 3.64. The first-order chi connectivity index (χ1) is 7.65. The van der Waals surface area contributed by atoms with Crippen LogP contribution in [0.5, 0.6) is 0 Å². The number of nitrogens with two attached hydrogens (primary N) is 1. The summed E-state index contributed by atoms with van der Waals surface area (Å²) in [5, 5.41) is 3.57. The summed E-state index contributed by atoms with van der Waals surface area (Å²) in [6.07, 6.45) is 5.43. The first-order valence-electron chi connectivity index (χ1n) is 6.25. The standard InChI is InChI=1S/C14H22N2/c1-3-6-14(7-8-14)10-16-13-5-4-12(15)9-11(13)2/h4-5,9,16H,3,6-8,10,15H2,1-2H3. The lowest BCUT2D eigenvalue weighted by atomic mass is 10.0. The Morgan fingerprint density at radius 1 is 1.38 bits per heavy atom. The van der Waals surface area contributed by atoms with Crippen molar-refractivity contribution >= 4 is 11.4 Å². The Morgan fingerprint density at radius 2 is 2.12 bits per heavy atom. The molecule has 0 heterocycles. The van der Waals surface area contributed by atoms with E-state index < -0.39 is 0 Å². The van der Waals surface area contributed by atoms with E-state index in [1.165, 1.54) is 36.9 Å². The molecule has 88 valence electrons. The Bertz CT molecular complexity index is 367. The minimum absolute atomic E-state index is 0.600. The summed E-state index contributed by atoms with van der Waals surface area (Å²) in [7, 11) is 0. The summed E-state index contributed by atoms with van der Waals surface area (Å²) in [5.41, 5.74) is 9.66. The first-order valence-corrected chi connectivity index (χ1v) is 6.25. The van der Waals surface area contributed by atoms with Crippen molar-refractivity contribution in [2.75, 3.05) is 17.6 Å². The molecule has 0 radical (unpaired) electrons. The van der Waals surface area contributed by atoms with Gasteiger partial charge in [-0.3, -0.25) is 0 Å². The maximum absolute atomic E-state index is 5.74. The molecule has 0 amide bonds. The number of nitrogen functional groups attached to an aromatic ring is 1. The van der Waals surface area contributed by atoms with Crippen LogP contribution in [0.15, 0.2) is 18.2 Å². The van der Waals surface area contributed by atoms with Crippen LogP contribution in [-0.4, -0.2) is 6.54 Å². The third kappa shape index (κ3) is 2.49. The van der Waals surface area contributed by atoms with E-state index in [0.29, 0.717) is 5.41 Å². The summed E-state index contributed by atoms with van der Waals surface area (Å²) in [6.45, 7) is 5.50. The van der Waals surface area contributed by atoms with E-state index in [1.54, 1.807) is 0 Å². The highest BCUT2D eigenvalue weighted by molar-refractivity contribution is 5.57. The van der Waals surface area contributed by atoms with Crippen LogP contribution in [0.1, 0.15) is 38.2 Å². The van der Waals surface area contributed by atoms with Gasteiger partial charge in [0.25, 0.3) is 0 Å². The summed E-state index contributed by atoms with van der Waals surface area (Å²) in [6, 6.07) is 6.09. The van der Waals surface area contributed by atoms with Crippen molar-refractivity contribution in [3.05, 3.63) is 23.8 Å². The molecule has 0 aromatic heterocycles. The van der Waals surface area contributed by atoms with E-state index in [-0.39, 0.29) is 0 Å². The molecule has 1 aromatic rings. The highest BCUT2D eigenvalue weighted by atomic mass is 14.9. The summed E-state index contributed by atoms with van der Waals surface area (Å²) < 4.78 is 0. The largest absolute Gasteiger partial charge is 0.399 e. The quantitative estimate of drug-likeness (QED) is 0.741. The van der Waals surface area contributed by atoms with Gasteiger partial charge in [0.1, 0.15) is 0 Å². The fourth-order valence-electron chi connectivity index (χ4n) is 2.39. The fourth-order valence-corrected chi connectivity index (χ4v) is 2.39. The van der Waals surface area contributed by atoms with Gasteiger partial charge in [-0.15, -0.1) is 0 Å². The summed E-state index contributed by atoms with van der Waals surface area (Å²) >= 11 is 0. The number of hydrogen-bond donors (Lipinski definition) is 2. The average molecular weight is 218 g/mol. The molecule has 16 heavy (non-hydrogen) atoms. The predicted octanol–water partition coefficient (Wildman–Crippen LogP) is 3.57. The lowest BCUT2D eigenvalue weighted by Crippen LogP contribution is -2.15. The molecule has 0 aliphatic heterocycles. The lowest BCUT2D eigenvalue weighted by Gasteiger charge is -2.17. The predicted molar refractivity (Wildman–Crippen MR) is 70.7 cm³/mol. The number of aryl methyl sites for hydroxylation is 1. The third-order valence-electron chi connectivity index (χ3n) is 3.64. The van der Waals surface area contributed by atoms with Crippen LogP contribution in [0.25, 0.3) is 0 Å². The number of benzene rings is 1. The molecule has 0 atom stereocenters. The Hall–Kier alpha value is -1.18. The summed E-state index contributed by atoms with van der Waals surface area (Å²) in [5.74, 6) is 0. The Kier molecular flexibility index (Phi) is 3.08. The highest BCUT2D eigenvalue weighted by Gasteiger charge is 2.41. The molecule has 1 aliphatic rings. The van der Waals surface area contributed by atoms with Crippen LogP contribution >= 0.6 is 0 Å². The van der Waals surface area contributed by atoms with Gasteiger partial charge in [0, 0.05) is 17.9 Å². The molecular formula is C14H22N2. The molecule has 0 spiro atoms. The van der Waals surface area contributed by atoms with Crippen LogP contribution in [-0.2, 0) is 0 Å². The number of nitrogens with one attached hydrogen (secondary N) is 1. The van der Waals surface area contributed by atoms with E-state index in [9.17, 15) is 0 Å². The molecule has 1 saturated carbocycles. The molecule has 1 fully saturated rings. The number of anilines is 2. The van der Waals surface area contributed by atoms with Gasteiger partial charge in [-0.05, 0) is 55.4 Å². The smallest absolute Gasteiger partial charge is 0.0371 e. The van der Waals surface area contributed by atoms with E-state index in [0.717, 1.165) is 12.2 Å². The number of rotatable bonds is 5. The van der Waals surface area contributed by atoms with Gasteiger partial charge in [0.2, 0.25) is 0 Å². The average Bonchev–Trinajstić information content (AvgIpc) is 2.98. The van der Waals surface area contributed by atoms with Crippen molar-refractivity contribution in [3.63, 3.8) is 0 Å². The SMILES string of the molecule is CCCC1(CNc2ccc(N)cc2C)CC1. The van der Waals surface area contributed by atoms with Gasteiger partial charge >= 0.3 is 0 Å². The van der Waals surface area contributed by atoms with Crippen LogP contribution in [0, 0.1) is 12.3 Å². The van der Waals surface area contributed by atoms with Gasteiger partial charge in [-0.1, -0.05) is 13.3 Å². The zero-order valence-corrected chi connectivity index (χ0v) is 10.3. The molecule has 2 heteroatoms. The Labute approximate surface area is 98.2 Å². The second-order valence-corrected chi connectivity index (χ2v) is 5.18. The molecule has 2 nitrogen and oxygen atoms in total. The van der Waals surface area contributed by atoms with E-state index >= 15 is 0 Å². The van der Waals surface area contributed by atoms with Gasteiger partial charge in [-0.2, -0.15) is 0 Å². The number of hydrogen-bond acceptors (Lipinski definition) is 2. The molecule has 0 saturated heterocycles. The molecule has 0 bridgehead atoms. The second kappa shape index (κ2) is 4.36. The minimum Gasteiger partial charge on any atom is -0.399 e. The molecule has 0 unspecified atom stereocenters. The zero-order chi connectivity index (χ0) is 11.6. The van der Waals surface area contributed by atoms with Crippen LogP contribution < -0.4 is 11.1 Å². The Morgan fingerprint density at radius 3 is 2.69 bits per heavy atom. The van der Waals surface area contributed by atoms with Gasteiger partial charge in [0.15, 0.2) is 0 Å². The molecule has 1 aromatic carbocycles. The highest BCUT2D eigenvalue weighted by Crippen LogP contribution is 2.49. The molecule has 2 rings (SSSR count). The monoisotopic (exact) mass is 218 g/mol. The van der Waals surface area contributed by atoms with Crippen molar-refractivity contribution in [1.82, 2.24) is 0 Å². The van der Waals surface area contributed by atoms with Crippen molar-refractivity contribution in [2.24, 2.45) is 5.41 Å². The van der Waals surface area contributed by atoms with Crippen LogP contribution in [0.4, 0.5) is 11.4 Å². The zero-order valence-electron chi connectivity index (χ0n) is 10.3. The van der Waals surface area contributed by atoms with Crippen molar-refractivity contribution in [3.8, 4) is 0 Å². The van der Waals surface area contributed by atoms with Crippen LogP contribution in [0.3, 0.4) is 0 Å². The minimum atomic E-state index is 0.600. The van der Waals surface area contributed by atoms with Crippen LogP contribution in [0.2, 0.25) is 0 Å². The van der Waals surface area contributed by atoms with E-state index in [1.807, 2.05) is 12.1 Å². The Balaban J connectivity index is 1.94. The molecular weight excluding hydrogens is 196 g/mol. The summed E-state index contributed by atoms with van der Waals surface area (Å²) in [4.78, 5) is 0. The molecule has 1 aliphatic carbocycles. The fraction of sp³-hybridized carbons (Fsp3) is 0.571.